The van der Waals surface area contributed by atoms with Gasteiger partial charge in [-0.25, -0.2) is 4.98 Å². The largest absolute Gasteiger partial charge is 0.384 e. The molecule has 2 fully saturated rings. The average molecular weight is 370 g/mol. The first-order valence-corrected chi connectivity index (χ1v) is 9.59. The highest BCUT2D eigenvalue weighted by molar-refractivity contribution is 5.79. The Hall–Kier alpha value is -2.25. The summed E-state index contributed by atoms with van der Waals surface area (Å²) in [5, 5.41) is 7.49. The number of aromatic nitrogens is 3. The molecule has 1 amide bonds. The quantitative estimate of drug-likeness (QED) is 0.872. The van der Waals surface area contributed by atoms with Crippen molar-refractivity contribution >= 4 is 5.91 Å². The standard InChI is InChI=1S/C20H26N4O3/c1-26-13-16-11-24(20(25)15-7-9-27-10-8-15)12-17(16)19-21-18(22-23-19)14-5-3-2-4-6-14/h2-6,15-17H,7-13H2,1H3,(H,21,22,23)/t16-,17+/m0/s1. The van der Waals surface area contributed by atoms with Gasteiger partial charge in [-0.1, -0.05) is 30.3 Å². The minimum absolute atomic E-state index is 0.0790. The Morgan fingerprint density at radius 1 is 1.26 bits per heavy atom. The zero-order valence-electron chi connectivity index (χ0n) is 15.6. The van der Waals surface area contributed by atoms with Crippen molar-refractivity contribution in [3.63, 3.8) is 0 Å². The van der Waals surface area contributed by atoms with E-state index in [1.54, 1.807) is 7.11 Å². The number of likely N-dealkylation sites (tertiary alicyclic amines) is 1. The Kier molecular flexibility index (Phi) is 5.50. The van der Waals surface area contributed by atoms with Crippen molar-refractivity contribution in [2.24, 2.45) is 11.8 Å². The predicted octanol–water partition coefficient (Wildman–Crippen LogP) is 2.09. The molecule has 0 saturated carbocycles. The van der Waals surface area contributed by atoms with Gasteiger partial charge in [-0.2, -0.15) is 5.10 Å². The molecule has 27 heavy (non-hydrogen) atoms. The molecule has 4 rings (SSSR count). The molecule has 2 saturated heterocycles. The van der Waals surface area contributed by atoms with Crippen LogP contribution in [0.4, 0.5) is 0 Å². The van der Waals surface area contributed by atoms with Gasteiger partial charge in [-0.3, -0.25) is 9.89 Å². The van der Waals surface area contributed by atoms with Gasteiger partial charge in [0.25, 0.3) is 0 Å². The lowest BCUT2D eigenvalue weighted by Gasteiger charge is -2.26. The number of rotatable bonds is 5. The minimum Gasteiger partial charge on any atom is -0.384 e. The summed E-state index contributed by atoms with van der Waals surface area (Å²) in [6, 6.07) is 9.92. The Balaban J connectivity index is 1.51. The van der Waals surface area contributed by atoms with Crippen LogP contribution >= 0.6 is 0 Å². The van der Waals surface area contributed by atoms with Gasteiger partial charge in [0, 0.05) is 56.7 Å². The normalized spacial score (nSPS) is 23.7. The number of amides is 1. The molecule has 2 aliphatic heterocycles. The van der Waals surface area contributed by atoms with Crippen molar-refractivity contribution in [2.75, 3.05) is 40.0 Å². The van der Waals surface area contributed by atoms with Crippen molar-refractivity contribution in [3.05, 3.63) is 36.2 Å². The maximum Gasteiger partial charge on any atom is 0.225 e. The molecule has 0 radical (unpaired) electrons. The summed E-state index contributed by atoms with van der Waals surface area (Å²) in [5.74, 6) is 2.17. The van der Waals surface area contributed by atoms with Crippen LogP contribution < -0.4 is 0 Å². The number of methoxy groups -OCH3 is 1. The van der Waals surface area contributed by atoms with E-state index in [2.05, 4.69) is 10.2 Å². The molecule has 0 unspecified atom stereocenters. The Bertz CT molecular complexity index is 758. The summed E-state index contributed by atoms with van der Waals surface area (Å²) >= 11 is 0. The van der Waals surface area contributed by atoms with Gasteiger partial charge < -0.3 is 14.4 Å². The molecule has 1 N–H and O–H groups in total. The number of benzene rings is 1. The number of carbonyl (C=O) groups is 1. The van der Waals surface area contributed by atoms with E-state index in [0.29, 0.717) is 38.7 Å². The average Bonchev–Trinajstić information content (AvgIpc) is 3.36. The number of hydrogen-bond acceptors (Lipinski definition) is 5. The van der Waals surface area contributed by atoms with Crippen molar-refractivity contribution in [1.29, 1.82) is 0 Å². The SMILES string of the molecule is COC[C@@H]1CN(C(=O)C2CCOCC2)C[C@H]1c1nc(-c2ccccc2)n[nH]1. The van der Waals surface area contributed by atoms with Gasteiger partial charge >= 0.3 is 0 Å². The molecule has 7 heteroatoms. The number of hydrogen-bond donors (Lipinski definition) is 1. The smallest absolute Gasteiger partial charge is 0.225 e. The van der Waals surface area contributed by atoms with Crippen LogP contribution in [0.2, 0.25) is 0 Å². The zero-order chi connectivity index (χ0) is 18.6. The van der Waals surface area contributed by atoms with E-state index >= 15 is 0 Å². The lowest BCUT2D eigenvalue weighted by atomic mass is 9.96. The summed E-state index contributed by atoms with van der Waals surface area (Å²) in [7, 11) is 1.70. The molecule has 2 atom stereocenters. The summed E-state index contributed by atoms with van der Waals surface area (Å²) < 4.78 is 10.8. The van der Waals surface area contributed by atoms with Gasteiger partial charge in [0.2, 0.25) is 5.91 Å². The van der Waals surface area contributed by atoms with Gasteiger partial charge in [-0.15, -0.1) is 0 Å². The van der Waals surface area contributed by atoms with Crippen molar-refractivity contribution in [3.8, 4) is 11.4 Å². The van der Waals surface area contributed by atoms with Crippen molar-refractivity contribution in [2.45, 2.75) is 18.8 Å². The lowest BCUT2D eigenvalue weighted by molar-refractivity contribution is -0.137. The number of carbonyl (C=O) groups excluding carboxylic acids is 1. The monoisotopic (exact) mass is 370 g/mol. The van der Waals surface area contributed by atoms with Crippen LogP contribution in [0.3, 0.4) is 0 Å². The van der Waals surface area contributed by atoms with Crippen LogP contribution in [-0.4, -0.2) is 66.0 Å². The number of nitrogens with one attached hydrogen (secondary N) is 1. The highest BCUT2D eigenvalue weighted by Gasteiger charge is 2.40. The first-order chi connectivity index (χ1) is 13.3. The van der Waals surface area contributed by atoms with E-state index in [9.17, 15) is 4.79 Å². The number of nitrogens with zero attached hydrogens (tertiary/aromatic N) is 3. The summed E-state index contributed by atoms with van der Waals surface area (Å²) in [5.41, 5.74) is 0.983. The zero-order valence-corrected chi connectivity index (χ0v) is 15.6. The van der Waals surface area contributed by atoms with Crippen LogP contribution in [0, 0.1) is 11.8 Å². The first-order valence-electron chi connectivity index (χ1n) is 9.59. The molecule has 1 aromatic heterocycles. The first kappa shape index (κ1) is 18.1. The van der Waals surface area contributed by atoms with Crippen LogP contribution in [0.5, 0.6) is 0 Å². The summed E-state index contributed by atoms with van der Waals surface area (Å²) in [4.78, 5) is 19.6. The van der Waals surface area contributed by atoms with Crippen molar-refractivity contribution < 1.29 is 14.3 Å². The van der Waals surface area contributed by atoms with Gasteiger partial charge in [-0.05, 0) is 12.8 Å². The highest BCUT2D eigenvalue weighted by atomic mass is 16.5. The molecule has 144 valence electrons. The molecule has 0 bridgehead atoms. The highest BCUT2D eigenvalue weighted by Crippen LogP contribution is 2.33. The fourth-order valence-corrected chi connectivity index (χ4v) is 4.10. The Morgan fingerprint density at radius 3 is 2.78 bits per heavy atom. The molecule has 7 nitrogen and oxygen atoms in total. The molecular weight excluding hydrogens is 344 g/mol. The Labute approximate surface area is 159 Å². The maximum absolute atomic E-state index is 12.9. The molecule has 0 aliphatic carbocycles. The van der Waals surface area contributed by atoms with E-state index in [1.807, 2.05) is 35.2 Å². The fraction of sp³-hybridized carbons (Fsp3) is 0.550. The lowest BCUT2D eigenvalue weighted by Crippen LogP contribution is -2.37. The molecular formula is C20H26N4O3. The van der Waals surface area contributed by atoms with Crippen molar-refractivity contribution in [1.82, 2.24) is 20.1 Å². The van der Waals surface area contributed by atoms with E-state index in [4.69, 9.17) is 14.5 Å². The van der Waals surface area contributed by atoms with Crippen LogP contribution in [0.15, 0.2) is 30.3 Å². The third-order valence-electron chi connectivity index (χ3n) is 5.59. The Morgan fingerprint density at radius 2 is 2.04 bits per heavy atom. The van der Waals surface area contributed by atoms with Gasteiger partial charge in [0.05, 0.1) is 6.61 Å². The van der Waals surface area contributed by atoms with Crippen LogP contribution in [0.1, 0.15) is 24.6 Å². The number of ether oxygens (including phenoxy) is 2. The van der Waals surface area contributed by atoms with E-state index in [-0.39, 0.29) is 23.7 Å². The molecule has 3 heterocycles. The molecule has 1 aromatic carbocycles. The summed E-state index contributed by atoms with van der Waals surface area (Å²) in [6.45, 7) is 3.32. The van der Waals surface area contributed by atoms with Crippen LogP contribution in [0.25, 0.3) is 11.4 Å². The number of H-pyrrole nitrogens is 1. The molecule has 2 aliphatic rings. The second kappa shape index (κ2) is 8.19. The summed E-state index contributed by atoms with van der Waals surface area (Å²) in [6.07, 6.45) is 1.63. The molecule has 2 aromatic rings. The third-order valence-corrected chi connectivity index (χ3v) is 5.59. The maximum atomic E-state index is 12.9. The molecule has 0 spiro atoms. The van der Waals surface area contributed by atoms with Gasteiger partial charge in [0.1, 0.15) is 5.82 Å². The number of aromatic amines is 1. The third kappa shape index (κ3) is 3.89. The topological polar surface area (TPSA) is 80.3 Å². The second-order valence-electron chi connectivity index (χ2n) is 7.36. The predicted molar refractivity (Wildman–Crippen MR) is 100 cm³/mol. The van der Waals surface area contributed by atoms with E-state index < -0.39 is 0 Å². The van der Waals surface area contributed by atoms with E-state index in [1.165, 1.54) is 0 Å². The van der Waals surface area contributed by atoms with E-state index in [0.717, 1.165) is 24.2 Å². The second-order valence-corrected chi connectivity index (χ2v) is 7.36. The van der Waals surface area contributed by atoms with Crippen LogP contribution in [-0.2, 0) is 14.3 Å². The fourth-order valence-electron chi connectivity index (χ4n) is 4.10. The minimum atomic E-state index is 0.0790. The van der Waals surface area contributed by atoms with Gasteiger partial charge in [0.15, 0.2) is 5.82 Å².